The van der Waals surface area contributed by atoms with Crippen molar-refractivity contribution in [3.8, 4) is 11.8 Å². The minimum Gasteiger partial charge on any atom is -0.493 e. The molecule has 0 aliphatic rings. The molecule has 0 amide bonds. The van der Waals surface area contributed by atoms with Crippen molar-refractivity contribution in [1.29, 1.82) is 5.26 Å². The minimum atomic E-state index is -0.812. The van der Waals surface area contributed by atoms with Gasteiger partial charge >= 0.3 is 0 Å². The predicted octanol–water partition coefficient (Wildman–Crippen LogP) is 3.88. The molecule has 1 unspecified atom stereocenters. The van der Waals surface area contributed by atoms with Gasteiger partial charge in [0.25, 0.3) is 0 Å². The molecule has 106 valence electrons. The number of ketones is 1. The summed E-state index contributed by atoms with van der Waals surface area (Å²) in [6.07, 6.45) is 0. The Kier molecular flexibility index (Phi) is 4.73. The van der Waals surface area contributed by atoms with Crippen LogP contribution in [-0.2, 0) is 0 Å². The zero-order valence-corrected chi connectivity index (χ0v) is 12.2. The molecule has 0 saturated carbocycles. The van der Waals surface area contributed by atoms with E-state index in [0.717, 1.165) is 11.1 Å². The molecule has 3 nitrogen and oxygen atoms in total. The van der Waals surface area contributed by atoms with Gasteiger partial charge in [0.2, 0.25) is 0 Å². The van der Waals surface area contributed by atoms with Crippen molar-refractivity contribution in [3.63, 3.8) is 0 Å². The third kappa shape index (κ3) is 3.11. The van der Waals surface area contributed by atoms with Crippen LogP contribution >= 0.6 is 0 Å². The third-order valence-corrected chi connectivity index (χ3v) is 3.34. The number of aryl methyl sites for hydroxylation is 1. The molecule has 21 heavy (non-hydrogen) atoms. The number of carbonyl (C=O) groups excluding carboxylic acids is 1. The van der Waals surface area contributed by atoms with Crippen LogP contribution in [0.15, 0.2) is 48.5 Å². The number of benzene rings is 2. The summed E-state index contributed by atoms with van der Waals surface area (Å²) in [5, 5.41) is 9.44. The van der Waals surface area contributed by atoms with Gasteiger partial charge in [-0.15, -0.1) is 0 Å². The summed E-state index contributed by atoms with van der Waals surface area (Å²) in [7, 11) is 0. The Balaban J connectivity index is 2.43. The lowest BCUT2D eigenvalue weighted by Gasteiger charge is -2.14. The van der Waals surface area contributed by atoms with Gasteiger partial charge in [0, 0.05) is 0 Å². The van der Waals surface area contributed by atoms with E-state index in [4.69, 9.17) is 4.74 Å². The van der Waals surface area contributed by atoms with Gasteiger partial charge < -0.3 is 4.74 Å². The molecule has 0 N–H and O–H groups in total. The van der Waals surface area contributed by atoms with Crippen molar-refractivity contribution in [2.75, 3.05) is 6.61 Å². The van der Waals surface area contributed by atoms with Gasteiger partial charge in [0.05, 0.1) is 18.2 Å². The van der Waals surface area contributed by atoms with Gasteiger partial charge in [-0.05, 0) is 37.1 Å². The number of hydrogen-bond donors (Lipinski definition) is 0. The quantitative estimate of drug-likeness (QED) is 0.780. The smallest absolute Gasteiger partial charge is 0.188 e. The van der Waals surface area contributed by atoms with Crippen LogP contribution in [0.4, 0.5) is 0 Å². The Bertz CT molecular complexity index is 686. The normalized spacial score (nSPS) is 11.5. The van der Waals surface area contributed by atoms with Gasteiger partial charge in [0.15, 0.2) is 5.78 Å². The maximum atomic E-state index is 12.7. The lowest BCUT2D eigenvalue weighted by molar-refractivity contribution is 0.0975. The number of nitriles is 1. The zero-order chi connectivity index (χ0) is 15.2. The molecule has 0 aliphatic heterocycles. The van der Waals surface area contributed by atoms with E-state index in [-0.39, 0.29) is 5.78 Å². The summed E-state index contributed by atoms with van der Waals surface area (Å²) in [6, 6.07) is 16.6. The van der Waals surface area contributed by atoms with E-state index in [1.807, 2.05) is 44.2 Å². The van der Waals surface area contributed by atoms with Crippen molar-refractivity contribution < 1.29 is 9.53 Å². The molecule has 2 rings (SSSR count). The van der Waals surface area contributed by atoms with Crippen LogP contribution in [0.5, 0.6) is 5.75 Å². The molecule has 0 bridgehead atoms. The molecule has 0 radical (unpaired) electrons. The molecule has 0 spiro atoms. The molecule has 3 heteroatoms. The zero-order valence-electron chi connectivity index (χ0n) is 12.2. The van der Waals surface area contributed by atoms with E-state index in [2.05, 4.69) is 6.07 Å². The van der Waals surface area contributed by atoms with E-state index in [1.54, 1.807) is 18.2 Å². The van der Waals surface area contributed by atoms with Gasteiger partial charge in [-0.2, -0.15) is 5.26 Å². The Hall–Kier alpha value is -2.60. The Labute approximate surface area is 124 Å². The highest BCUT2D eigenvalue weighted by atomic mass is 16.5. The number of hydrogen-bond acceptors (Lipinski definition) is 3. The highest BCUT2D eigenvalue weighted by Crippen LogP contribution is 2.28. The first-order valence-electron chi connectivity index (χ1n) is 6.90. The molecule has 0 aromatic heterocycles. The molecule has 2 aromatic rings. The van der Waals surface area contributed by atoms with Crippen molar-refractivity contribution in [3.05, 3.63) is 65.2 Å². The van der Waals surface area contributed by atoms with Gasteiger partial charge in [0.1, 0.15) is 11.7 Å². The maximum absolute atomic E-state index is 12.7. The fraction of sp³-hybridized carbons (Fsp3) is 0.222. The van der Waals surface area contributed by atoms with E-state index < -0.39 is 5.92 Å². The maximum Gasteiger partial charge on any atom is 0.188 e. The summed E-state index contributed by atoms with van der Waals surface area (Å²) < 4.78 is 5.49. The topological polar surface area (TPSA) is 50.1 Å². The summed E-state index contributed by atoms with van der Waals surface area (Å²) in [5.74, 6) is -0.512. The van der Waals surface area contributed by atoms with Crippen LogP contribution in [0.3, 0.4) is 0 Å². The van der Waals surface area contributed by atoms with Crippen molar-refractivity contribution in [2.24, 2.45) is 0 Å². The molecule has 0 aliphatic carbocycles. The van der Waals surface area contributed by atoms with Crippen molar-refractivity contribution in [2.45, 2.75) is 19.8 Å². The lowest BCUT2D eigenvalue weighted by Crippen LogP contribution is -2.14. The second-order valence-corrected chi connectivity index (χ2v) is 4.71. The largest absolute Gasteiger partial charge is 0.493 e. The van der Waals surface area contributed by atoms with Crippen LogP contribution in [0, 0.1) is 18.3 Å². The monoisotopic (exact) mass is 279 g/mol. The van der Waals surface area contributed by atoms with E-state index in [1.165, 1.54) is 0 Å². The average molecular weight is 279 g/mol. The van der Waals surface area contributed by atoms with Crippen LogP contribution in [0.2, 0.25) is 0 Å². The van der Waals surface area contributed by atoms with Crippen molar-refractivity contribution >= 4 is 5.78 Å². The summed E-state index contributed by atoms with van der Waals surface area (Å²) in [6.45, 7) is 4.25. The third-order valence-electron chi connectivity index (χ3n) is 3.34. The standard InChI is InChI=1S/C18H17NO2/c1-3-21-17-11-7-6-10-15(17)18(20)16(12-19)14-9-5-4-8-13(14)2/h4-11,16H,3H2,1-2H3. The highest BCUT2D eigenvalue weighted by molar-refractivity contribution is 6.05. The van der Waals surface area contributed by atoms with E-state index >= 15 is 0 Å². The SMILES string of the molecule is CCOc1ccccc1C(=O)C(C#N)c1ccccc1C. The first kappa shape index (κ1) is 14.8. The van der Waals surface area contributed by atoms with Gasteiger partial charge in [-0.1, -0.05) is 36.4 Å². The Morgan fingerprint density at radius 3 is 2.52 bits per heavy atom. The van der Waals surface area contributed by atoms with Crippen LogP contribution < -0.4 is 4.74 Å². The Morgan fingerprint density at radius 1 is 1.19 bits per heavy atom. The van der Waals surface area contributed by atoms with Crippen LogP contribution in [0.1, 0.15) is 34.3 Å². The lowest BCUT2D eigenvalue weighted by atomic mass is 9.89. The minimum absolute atomic E-state index is 0.226. The summed E-state index contributed by atoms with van der Waals surface area (Å²) >= 11 is 0. The van der Waals surface area contributed by atoms with Crippen molar-refractivity contribution in [1.82, 2.24) is 0 Å². The molecule has 1 atom stereocenters. The number of para-hydroxylation sites is 1. The number of nitrogens with zero attached hydrogens (tertiary/aromatic N) is 1. The second kappa shape index (κ2) is 6.71. The van der Waals surface area contributed by atoms with Crippen LogP contribution in [0.25, 0.3) is 0 Å². The predicted molar refractivity (Wildman–Crippen MR) is 81.5 cm³/mol. The molecule has 0 heterocycles. The molecular weight excluding hydrogens is 262 g/mol. The first-order valence-corrected chi connectivity index (χ1v) is 6.90. The molecule has 2 aromatic carbocycles. The first-order chi connectivity index (χ1) is 10.2. The average Bonchev–Trinajstić information content (AvgIpc) is 2.50. The van der Waals surface area contributed by atoms with Gasteiger partial charge in [-0.25, -0.2) is 0 Å². The van der Waals surface area contributed by atoms with Crippen LogP contribution in [-0.4, -0.2) is 12.4 Å². The summed E-state index contributed by atoms with van der Waals surface area (Å²) in [4.78, 5) is 12.7. The highest BCUT2D eigenvalue weighted by Gasteiger charge is 2.25. The fourth-order valence-electron chi connectivity index (χ4n) is 2.29. The molecule has 0 fully saturated rings. The number of ether oxygens (including phenoxy) is 1. The second-order valence-electron chi connectivity index (χ2n) is 4.71. The fourth-order valence-corrected chi connectivity index (χ4v) is 2.29. The van der Waals surface area contributed by atoms with Gasteiger partial charge in [-0.3, -0.25) is 4.79 Å². The van der Waals surface area contributed by atoms with E-state index in [0.29, 0.717) is 17.9 Å². The summed E-state index contributed by atoms with van der Waals surface area (Å²) in [5.41, 5.74) is 2.14. The van der Waals surface area contributed by atoms with E-state index in [9.17, 15) is 10.1 Å². The Morgan fingerprint density at radius 2 is 1.86 bits per heavy atom. The number of Topliss-reactive ketones (excluding diaryl/α,β-unsaturated/α-hetero) is 1. The number of rotatable bonds is 5. The molecular formula is C18H17NO2. The number of carbonyl (C=O) groups is 1. The molecule has 0 saturated heterocycles.